The summed E-state index contributed by atoms with van der Waals surface area (Å²) < 4.78 is 2.38. The first-order valence-corrected chi connectivity index (χ1v) is 23.5. The Balaban J connectivity index is 0.000000232. The second-order valence-corrected chi connectivity index (χ2v) is 17.9. The number of benzene rings is 8. The lowest BCUT2D eigenvalue weighted by molar-refractivity contribution is 1.02. The lowest BCUT2D eigenvalue weighted by Gasteiger charge is -2.12. The Hall–Kier alpha value is -8.07. The smallest absolute Gasteiger partial charge is 0.0633 e. The Labute approximate surface area is 412 Å². The molecule has 0 aliphatic carbocycles. The van der Waals surface area contributed by atoms with Crippen LogP contribution in [0.15, 0.2) is 232 Å². The third-order valence-electron chi connectivity index (χ3n) is 11.9. The Morgan fingerprint density at radius 1 is 0.362 bits per heavy atom. The summed E-state index contributed by atoms with van der Waals surface area (Å²) in [5.74, 6) is 0. The molecule has 0 spiro atoms. The third kappa shape index (κ3) is 13.1. The molecule has 0 radical (unpaired) electrons. The second-order valence-electron chi connectivity index (χ2n) is 17.9. The molecule has 69 heavy (non-hydrogen) atoms. The molecule has 0 N–H and O–H groups in total. The fourth-order valence-electron chi connectivity index (χ4n) is 8.24. The number of aromatic nitrogens is 1. The largest absolute Gasteiger partial charge is 0.343 e. The molecular formula is C67H66N2. The van der Waals surface area contributed by atoms with Crippen LogP contribution in [0.5, 0.6) is 0 Å². The molecule has 0 aliphatic rings. The van der Waals surface area contributed by atoms with Gasteiger partial charge in [-0.1, -0.05) is 213 Å². The van der Waals surface area contributed by atoms with Gasteiger partial charge >= 0.3 is 0 Å². The van der Waals surface area contributed by atoms with E-state index >= 15 is 0 Å². The molecule has 0 aliphatic heterocycles. The highest BCUT2D eigenvalue weighted by atomic mass is 14.9. The number of hydrogen-bond donors (Lipinski definition) is 0. The summed E-state index contributed by atoms with van der Waals surface area (Å²) >= 11 is 0. The van der Waals surface area contributed by atoms with E-state index in [0.29, 0.717) is 0 Å². The molecule has 0 amide bonds. The summed E-state index contributed by atoms with van der Waals surface area (Å²) in [6, 6.07) is 67.3. The van der Waals surface area contributed by atoms with Gasteiger partial charge in [0.1, 0.15) is 0 Å². The third-order valence-corrected chi connectivity index (χ3v) is 11.9. The molecule has 1 aromatic heterocycles. The van der Waals surface area contributed by atoms with Crippen LogP contribution >= 0.6 is 0 Å². The molecule has 2 nitrogen and oxygen atoms in total. The monoisotopic (exact) mass is 899 g/mol. The molecule has 9 rings (SSSR count). The molecular weight excluding hydrogens is 833 g/mol. The molecule has 9 aromatic rings. The van der Waals surface area contributed by atoms with Crippen molar-refractivity contribution in [1.82, 2.24) is 4.57 Å². The minimum atomic E-state index is 0.759. The maximum absolute atomic E-state index is 4.87. The number of aryl methyl sites for hydroxylation is 3. The number of fused-ring (bicyclic) bond motifs is 3. The highest BCUT2D eigenvalue weighted by Gasteiger charge is 2.19. The summed E-state index contributed by atoms with van der Waals surface area (Å²) in [6.07, 6.45) is 0. The number of allylic oxidation sites excluding steroid dienone is 4. The zero-order valence-corrected chi connectivity index (χ0v) is 41.9. The van der Waals surface area contributed by atoms with Crippen molar-refractivity contribution in [2.45, 2.75) is 48.5 Å². The van der Waals surface area contributed by atoms with E-state index in [0.717, 1.165) is 50.4 Å². The van der Waals surface area contributed by atoms with Crippen LogP contribution in [-0.2, 0) is 7.05 Å². The van der Waals surface area contributed by atoms with Crippen LogP contribution in [0.1, 0.15) is 79.1 Å². The van der Waals surface area contributed by atoms with E-state index in [1.54, 1.807) is 0 Å². The quantitative estimate of drug-likeness (QED) is 0.128. The standard InChI is InChI=1S/C40H36N2.3C9H10/c1-25(2)31-15-11-17-33(23-31)35-19-26(3)21-37-38-22-27(4)20-36(40(38)42(7)39(35)37)34-18-12-16-32(24-34)29(6)41-28(5)30-13-9-8-10-14-30;3*1-8(2)9-6-4-3-5-7-9/h8-24H,1,6H2,2-5,7H3;3*3-7H,1H2,2H3. The first-order chi connectivity index (χ1) is 33.1. The van der Waals surface area contributed by atoms with E-state index in [9.17, 15) is 0 Å². The van der Waals surface area contributed by atoms with Crippen LogP contribution in [-0.4, -0.2) is 10.3 Å². The molecule has 8 aromatic carbocycles. The van der Waals surface area contributed by atoms with Crippen molar-refractivity contribution >= 4 is 55.5 Å². The highest BCUT2D eigenvalue weighted by Crippen LogP contribution is 2.41. The van der Waals surface area contributed by atoms with Gasteiger partial charge in [-0.2, -0.15) is 0 Å². The summed E-state index contributed by atoms with van der Waals surface area (Å²) in [5.41, 5.74) is 22.9. The van der Waals surface area contributed by atoms with E-state index in [1.165, 1.54) is 71.9 Å². The van der Waals surface area contributed by atoms with E-state index in [2.05, 4.69) is 187 Å². The Bertz CT molecular complexity index is 3170. The van der Waals surface area contributed by atoms with E-state index < -0.39 is 0 Å². The molecule has 2 heteroatoms. The van der Waals surface area contributed by atoms with Crippen LogP contribution in [0.3, 0.4) is 0 Å². The average Bonchev–Trinajstić information content (AvgIpc) is 3.64. The molecule has 344 valence electrons. The van der Waals surface area contributed by atoms with Gasteiger partial charge in [-0.05, 0) is 135 Å². The number of rotatable bonds is 9. The van der Waals surface area contributed by atoms with Gasteiger partial charge in [0.2, 0.25) is 0 Å². The Kier molecular flexibility index (Phi) is 17.2. The van der Waals surface area contributed by atoms with Gasteiger partial charge in [-0.15, -0.1) is 0 Å². The van der Waals surface area contributed by atoms with Gasteiger partial charge < -0.3 is 4.57 Å². The number of aliphatic imine (C=N–C) groups is 1. The first kappa shape index (κ1) is 50.3. The number of hydrogen-bond acceptors (Lipinski definition) is 1. The van der Waals surface area contributed by atoms with Gasteiger partial charge in [0.05, 0.1) is 16.7 Å². The Morgan fingerprint density at radius 2 is 0.681 bits per heavy atom. The predicted octanol–water partition coefficient (Wildman–Crippen LogP) is 19.0. The van der Waals surface area contributed by atoms with Gasteiger partial charge in [0.25, 0.3) is 0 Å². The van der Waals surface area contributed by atoms with Gasteiger partial charge in [-0.25, -0.2) is 0 Å². The van der Waals surface area contributed by atoms with Gasteiger partial charge in [0.15, 0.2) is 0 Å². The van der Waals surface area contributed by atoms with Crippen LogP contribution in [0.25, 0.3) is 72.0 Å². The van der Waals surface area contributed by atoms with Crippen LogP contribution in [0.2, 0.25) is 0 Å². The molecule has 1 heterocycles. The summed E-state index contributed by atoms with van der Waals surface area (Å²) in [4.78, 5) is 4.87. The predicted molar refractivity (Wildman–Crippen MR) is 307 cm³/mol. The minimum absolute atomic E-state index is 0.759. The van der Waals surface area contributed by atoms with E-state index in [-0.39, 0.29) is 0 Å². The molecule has 0 saturated carbocycles. The minimum Gasteiger partial charge on any atom is -0.343 e. The molecule has 0 saturated heterocycles. The fraction of sp³-hybridized carbons (Fsp3) is 0.119. The lowest BCUT2D eigenvalue weighted by atomic mass is 9.95. The Morgan fingerprint density at radius 3 is 1.03 bits per heavy atom. The molecule has 0 atom stereocenters. The zero-order chi connectivity index (χ0) is 49.6. The van der Waals surface area contributed by atoms with Gasteiger partial charge in [0, 0.05) is 40.2 Å². The number of nitrogens with zero attached hydrogens (tertiary/aromatic N) is 2. The topological polar surface area (TPSA) is 17.3 Å². The van der Waals surface area contributed by atoms with E-state index in [1.807, 2.05) is 100 Å². The lowest BCUT2D eigenvalue weighted by Crippen LogP contribution is -1.95. The van der Waals surface area contributed by atoms with Crippen molar-refractivity contribution in [3.63, 3.8) is 0 Å². The fourth-order valence-corrected chi connectivity index (χ4v) is 8.24. The first-order valence-electron chi connectivity index (χ1n) is 23.5. The summed E-state index contributed by atoms with van der Waals surface area (Å²) in [7, 11) is 2.20. The van der Waals surface area contributed by atoms with Crippen molar-refractivity contribution in [1.29, 1.82) is 0 Å². The summed E-state index contributed by atoms with van der Waals surface area (Å²) in [6.45, 7) is 34.5. The molecule has 0 unspecified atom stereocenters. The molecule has 0 bridgehead atoms. The SMILES string of the molecule is C=C(C)c1cccc(-c2cc(C)cc3c4cc(C)cc(-c5cccc(C(=C)N=C(C)c6ccccc6)c5)c4n(C)c23)c1.C=C(C)c1ccccc1.C=C(C)c1ccccc1.C=C(C)c1ccccc1. The zero-order valence-electron chi connectivity index (χ0n) is 41.9. The van der Waals surface area contributed by atoms with Crippen molar-refractivity contribution < 1.29 is 0 Å². The van der Waals surface area contributed by atoms with Crippen molar-refractivity contribution in [3.05, 3.63) is 272 Å². The maximum atomic E-state index is 4.87. The average molecular weight is 899 g/mol. The van der Waals surface area contributed by atoms with Crippen molar-refractivity contribution in [2.24, 2.45) is 12.0 Å². The van der Waals surface area contributed by atoms with Crippen molar-refractivity contribution in [3.8, 4) is 22.3 Å². The highest BCUT2D eigenvalue weighted by molar-refractivity contribution is 6.16. The summed E-state index contributed by atoms with van der Waals surface area (Å²) in [5, 5.41) is 2.54. The van der Waals surface area contributed by atoms with Crippen LogP contribution < -0.4 is 0 Å². The normalized spacial score (nSPS) is 10.7. The van der Waals surface area contributed by atoms with Crippen LogP contribution in [0.4, 0.5) is 0 Å². The van der Waals surface area contributed by atoms with Crippen molar-refractivity contribution in [2.75, 3.05) is 0 Å². The maximum Gasteiger partial charge on any atom is 0.0633 e. The van der Waals surface area contributed by atoms with Crippen LogP contribution in [0, 0.1) is 13.8 Å². The second kappa shape index (κ2) is 23.6. The molecule has 0 fully saturated rings. The van der Waals surface area contributed by atoms with Gasteiger partial charge in [-0.3, -0.25) is 4.99 Å². The van der Waals surface area contributed by atoms with E-state index in [4.69, 9.17) is 4.99 Å².